The average Bonchev–Trinajstić information content (AvgIpc) is 3.21. The first-order valence-electron chi connectivity index (χ1n) is 9.29. The number of methoxy groups -OCH3 is 1. The number of benzene rings is 2. The predicted octanol–water partition coefficient (Wildman–Crippen LogP) is 2.92. The zero-order chi connectivity index (χ0) is 21.3. The second-order valence-electron chi connectivity index (χ2n) is 6.96. The summed E-state index contributed by atoms with van der Waals surface area (Å²) in [5, 5.41) is 9.16. The number of nitrogens with zero attached hydrogens (tertiary/aromatic N) is 4. The van der Waals surface area contributed by atoms with Gasteiger partial charge in [-0.15, -0.1) is 5.10 Å². The van der Waals surface area contributed by atoms with Gasteiger partial charge >= 0.3 is 0 Å². The van der Waals surface area contributed by atoms with E-state index in [1.54, 1.807) is 42.3 Å². The molecular formula is C21H21N5O3S. The minimum Gasteiger partial charge on any atom is -0.497 e. The monoisotopic (exact) mass is 423 g/mol. The van der Waals surface area contributed by atoms with Crippen LogP contribution in [0.15, 0.2) is 59.6 Å². The first-order valence-corrected chi connectivity index (χ1v) is 10.8. The number of pyridine rings is 1. The molecule has 8 nitrogen and oxygen atoms in total. The smallest absolute Gasteiger partial charge is 0.240 e. The van der Waals surface area contributed by atoms with Crippen LogP contribution in [-0.2, 0) is 16.6 Å². The summed E-state index contributed by atoms with van der Waals surface area (Å²) in [4.78, 5) is 4.76. The van der Waals surface area contributed by atoms with Gasteiger partial charge in [0.2, 0.25) is 10.0 Å². The molecule has 0 amide bonds. The Kier molecular flexibility index (Phi) is 5.23. The summed E-state index contributed by atoms with van der Waals surface area (Å²) in [7, 11) is -2.03. The highest BCUT2D eigenvalue weighted by molar-refractivity contribution is 7.89. The summed E-state index contributed by atoms with van der Waals surface area (Å²) < 4.78 is 34.5. The number of rotatable bonds is 6. The summed E-state index contributed by atoms with van der Waals surface area (Å²) in [6.45, 7) is 3.84. The topological polar surface area (TPSA) is 99.0 Å². The number of hydrogen-bond donors (Lipinski definition) is 1. The van der Waals surface area contributed by atoms with Crippen molar-refractivity contribution >= 4 is 20.9 Å². The van der Waals surface area contributed by atoms with Gasteiger partial charge in [-0.25, -0.2) is 17.8 Å². The fourth-order valence-electron chi connectivity index (χ4n) is 3.10. The van der Waals surface area contributed by atoms with Crippen LogP contribution in [-0.4, -0.2) is 35.5 Å². The summed E-state index contributed by atoms with van der Waals surface area (Å²) in [5.41, 5.74) is 3.92. The summed E-state index contributed by atoms with van der Waals surface area (Å²) in [6.07, 6.45) is 1.70. The molecule has 0 unspecified atom stereocenters. The van der Waals surface area contributed by atoms with E-state index in [0.29, 0.717) is 11.4 Å². The molecule has 0 radical (unpaired) electrons. The van der Waals surface area contributed by atoms with E-state index in [9.17, 15) is 8.42 Å². The van der Waals surface area contributed by atoms with Crippen LogP contribution in [0.1, 0.15) is 17.0 Å². The molecule has 4 aromatic rings. The number of ether oxygens (including phenoxy) is 1. The molecule has 2 aromatic heterocycles. The minimum absolute atomic E-state index is 0.0293. The zero-order valence-electron chi connectivity index (χ0n) is 16.8. The van der Waals surface area contributed by atoms with Crippen molar-refractivity contribution < 1.29 is 13.2 Å². The first kappa shape index (κ1) is 20.0. The standard InChI is InChI=1S/C21H21N5O3S/c1-14-4-7-18(8-5-14)30(27,28)22-12-16-13-26(25-24-16)21-10-15(2)23-20-9-6-17(29-3)11-19(20)21/h4-11,13,22H,12H2,1-3H3. The Labute approximate surface area is 174 Å². The van der Waals surface area contributed by atoms with E-state index in [0.717, 1.165) is 27.8 Å². The lowest BCUT2D eigenvalue weighted by atomic mass is 10.1. The van der Waals surface area contributed by atoms with Crippen molar-refractivity contribution in [3.63, 3.8) is 0 Å². The highest BCUT2D eigenvalue weighted by Gasteiger charge is 2.15. The van der Waals surface area contributed by atoms with E-state index >= 15 is 0 Å². The molecule has 0 fully saturated rings. The van der Waals surface area contributed by atoms with E-state index in [4.69, 9.17) is 4.74 Å². The first-order chi connectivity index (χ1) is 14.4. The molecule has 2 heterocycles. The number of nitrogens with one attached hydrogen (secondary N) is 1. The largest absolute Gasteiger partial charge is 0.497 e. The van der Waals surface area contributed by atoms with Gasteiger partial charge in [-0.3, -0.25) is 4.98 Å². The molecule has 9 heteroatoms. The quantitative estimate of drug-likeness (QED) is 0.512. The van der Waals surface area contributed by atoms with Gasteiger partial charge in [-0.05, 0) is 50.2 Å². The molecule has 0 spiro atoms. The molecule has 4 rings (SSSR count). The molecule has 0 saturated carbocycles. The van der Waals surface area contributed by atoms with E-state index < -0.39 is 10.0 Å². The van der Waals surface area contributed by atoms with Crippen molar-refractivity contribution in [2.24, 2.45) is 0 Å². The van der Waals surface area contributed by atoms with Crippen LogP contribution in [0.3, 0.4) is 0 Å². The average molecular weight is 423 g/mol. The van der Waals surface area contributed by atoms with Gasteiger partial charge in [0.1, 0.15) is 5.75 Å². The lowest BCUT2D eigenvalue weighted by Gasteiger charge is -2.09. The molecule has 0 bridgehead atoms. The van der Waals surface area contributed by atoms with Gasteiger partial charge in [0.25, 0.3) is 0 Å². The maximum Gasteiger partial charge on any atom is 0.240 e. The van der Waals surface area contributed by atoms with Crippen LogP contribution >= 0.6 is 0 Å². The number of aromatic nitrogens is 4. The van der Waals surface area contributed by atoms with Crippen molar-refractivity contribution in [1.82, 2.24) is 24.7 Å². The third kappa shape index (κ3) is 4.03. The second kappa shape index (κ2) is 7.85. The maximum atomic E-state index is 12.5. The molecular weight excluding hydrogens is 402 g/mol. The Balaban J connectivity index is 1.61. The molecule has 0 saturated heterocycles. The minimum atomic E-state index is -3.63. The molecule has 30 heavy (non-hydrogen) atoms. The van der Waals surface area contributed by atoms with Gasteiger partial charge in [0, 0.05) is 11.1 Å². The van der Waals surface area contributed by atoms with Gasteiger partial charge in [-0.1, -0.05) is 22.9 Å². The van der Waals surface area contributed by atoms with Crippen LogP contribution in [0.4, 0.5) is 0 Å². The zero-order valence-corrected chi connectivity index (χ0v) is 17.6. The summed E-state index contributed by atoms with van der Waals surface area (Å²) in [6, 6.07) is 14.2. The van der Waals surface area contributed by atoms with E-state index in [-0.39, 0.29) is 11.4 Å². The van der Waals surface area contributed by atoms with E-state index in [1.165, 1.54) is 0 Å². The van der Waals surface area contributed by atoms with Crippen molar-refractivity contribution in [2.75, 3.05) is 7.11 Å². The fraction of sp³-hybridized carbons (Fsp3) is 0.190. The SMILES string of the molecule is COc1ccc2nc(C)cc(-n3cc(CNS(=O)(=O)c4ccc(C)cc4)nn3)c2c1. The Hall–Kier alpha value is -3.30. The third-order valence-corrected chi connectivity index (χ3v) is 6.10. The maximum absolute atomic E-state index is 12.5. The highest BCUT2D eigenvalue weighted by Crippen LogP contribution is 2.26. The summed E-state index contributed by atoms with van der Waals surface area (Å²) in [5.74, 6) is 0.709. The van der Waals surface area contributed by atoms with Crippen LogP contribution < -0.4 is 9.46 Å². The normalized spacial score (nSPS) is 11.7. The molecule has 0 aliphatic carbocycles. The van der Waals surface area contributed by atoms with Crippen molar-refractivity contribution in [2.45, 2.75) is 25.3 Å². The molecule has 1 N–H and O–H groups in total. The molecule has 0 aliphatic heterocycles. The summed E-state index contributed by atoms with van der Waals surface area (Å²) >= 11 is 0. The fourth-order valence-corrected chi connectivity index (χ4v) is 4.10. The number of aryl methyl sites for hydroxylation is 2. The van der Waals surface area contributed by atoms with Crippen LogP contribution in [0.2, 0.25) is 0 Å². The van der Waals surface area contributed by atoms with Crippen molar-refractivity contribution in [3.05, 3.63) is 71.7 Å². The Bertz CT molecular complexity index is 1310. The van der Waals surface area contributed by atoms with E-state index in [1.807, 2.05) is 38.1 Å². The van der Waals surface area contributed by atoms with Crippen LogP contribution in [0, 0.1) is 13.8 Å². The van der Waals surface area contributed by atoms with Crippen LogP contribution in [0.5, 0.6) is 5.75 Å². The van der Waals surface area contributed by atoms with E-state index in [2.05, 4.69) is 20.0 Å². The molecule has 0 aliphatic rings. The lowest BCUT2D eigenvalue weighted by Crippen LogP contribution is -2.23. The lowest BCUT2D eigenvalue weighted by molar-refractivity contribution is 0.415. The number of hydrogen-bond acceptors (Lipinski definition) is 6. The Morgan fingerprint density at radius 3 is 2.57 bits per heavy atom. The van der Waals surface area contributed by atoms with Crippen molar-refractivity contribution in [3.8, 4) is 11.4 Å². The van der Waals surface area contributed by atoms with Gasteiger partial charge in [-0.2, -0.15) is 0 Å². The number of sulfonamides is 1. The third-order valence-electron chi connectivity index (χ3n) is 4.68. The van der Waals surface area contributed by atoms with Gasteiger partial charge in [0.05, 0.1) is 41.6 Å². The Morgan fingerprint density at radius 1 is 1.07 bits per heavy atom. The molecule has 154 valence electrons. The molecule has 2 aromatic carbocycles. The molecule has 0 atom stereocenters. The number of fused-ring (bicyclic) bond motifs is 1. The Morgan fingerprint density at radius 2 is 1.83 bits per heavy atom. The van der Waals surface area contributed by atoms with Gasteiger partial charge in [0.15, 0.2) is 0 Å². The highest BCUT2D eigenvalue weighted by atomic mass is 32.2. The van der Waals surface area contributed by atoms with Crippen LogP contribution in [0.25, 0.3) is 16.6 Å². The van der Waals surface area contributed by atoms with Gasteiger partial charge < -0.3 is 4.74 Å². The predicted molar refractivity (Wildman–Crippen MR) is 113 cm³/mol. The second-order valence-corrected chi connectivity index (χ2v) is 8.72. The van der Waals surface area contributed by atoms with Crippen molar-refractivity contribution in [1.29, 1.82) is 0 Å².